The third-order valence-corrected chi connectivity index (χ3v) is 2.99. The van der Waals surface area contributed by atoms with Crippen LogP contribution in [0.25, 0.3) is 0 Å². The van der Waals surface area contributed by atoms with E-state index in [0.29, 0.717) is 0 Å². The molecule has 4 nitrogen and oxygen atoms in total. The smallest absolute Gasteiger partial charge is 0.0588 e. The van der Waals surface area contributed by atoms with Crippen LogP contribution in [0.2, 0.25) is 0 Å². The molecular formula is C14H22N4. The standard InChI is InChI=1S/C14H22N4/c1-3-6-15-11-14-5-4-7-17(14)8-9-18-12-13(2)10-16-18/h4-5,7,10,12,15H,3,6,8-9,11H2,1-2H3. The van der Waals surface area contributed by atoms with E-state index in [1.165, 1.54) is 17.7 Å². The van der Waals surface area contributed by atoms with Crippen molar-refractivity contribution in [3.05, 3.63) is 42.0 Å². The summed E-state index contributed by atoms with van der Waals surface area (Å²) in [5.74, 6) is 0. The summed E-state index contributed by atoms with van der Waals surface area (Å²) in [7, 11) is 0. The Morgan fingerprint density at radius 1 is 1.33 bits per heavy atom. The molecule has 0 aliphatic carbocycles. The zero-order valence-corrected chi connectivity index (χ0v) is 11.3. The molecule has 0 saturated carbocycles. The lowest BCUT2D eigenvalue weighted by molar-refractivity contribution is 0.515. The second kappa shape index (κ2) is 6.40. The molecule has 18 heavy (non-hydrogen) atoms. The van der Waals surface area contributed by atoms with Crippen LogP contribution in [0.3, 0.4) is 0 Å². The monoisotopic (exact) mass is 246 g/mol. The third kappa shape index (κ3) is 3.47. The van der Waals surface area contributed by atoms with Gasteiger partial charge in [0.15, 0.2) is 0 Å². The molecule has 98 valence electrons. The number of aromatic nitrogens is 3. The molecule has 0 aliphatic rings. The Morgan fingerprint density at radius 2 is 2.22 bits per heavy atom. The first-order valence-electron chi connectivity index (χ1n) is 6.63. The average molecular weight is 246 g/mol. The van der Waals surface area contributed by atoms with Gasteiger partial charge in [0.05, 0.1) is 12.7 Å². The van der Waals surface area contributed by atoms with Crippen molar-refractivity contribution in [2.24, 2.45) is 0 Å². The fourth-order valence-electron chi connectivity index (χ4n) is 2.02. The van der Waals surface area contributed by atoms with Crippen LogP contribution in [-0.2, 0) is 19.6 Å². The van der Waals surface area contributed by atoms with E-state index >= 15 is 0 Å². The summed E-state index contributed by atoms with van der Waals surface area (Å²) in [6.45, 7) is 8.16. The summed E-state index contributed by atoms with van der Waals surface area (Å²) in [6.07, 6.45) is 7.30. The van der Waals surface area contributed by atoms with E-state index in [0.717, 1.165) is 26.2 Å². The highest BCUT2D eigenvalue weighted by Crippen LogP contribution is 2.03. The molecule has 0 aliphatic heterocycles. The normalized spacial score (nSPS) is 11.0. The maximum absolute atomic E-state index is 4.31. The molecule has 0 radical (unpaired) electrons. The van der Waals surface area contributed by atoms with Gasteiger partial charge in [0.1, 0.15) is 0 Å². The number of nitrogens with one attached hydrogen (secondary N) is 1. The summed E-state index contributed by atoms with van der Waals surface area (Å²) in [5.41, 5.74) is 2.56. The third-order valence-electron chi connectivity index (χ3n) is 2.99. The number of nitrogens with zero attached hydrogens (tertiary/aromatic N) is 3. The quantitative estimate of drug-likeness (QED) is 0.760. The summed E-state index contributed by atoms with van der Waals surface area (Å²) >= 11 is 0. The van der Waals surface area contributed by atoms with E-state index in [-0.39, 0.29) is 0 Å². The molecule has 0 unspecified atom stereocenters. The molecule has 2 aromatic rings. The van der Waals surface area contributed by atoms with Crippen LogP contribution < -0.4 is 5.32 Å². The van der Waals surface area contributed by atoms with E-state index in [2.05, 4.69) is 53.4 Å². The van der Waals surface area contributed by atoms with Crippen molar-refractivity contribution in [1.82, 2.24) is 19.7 Å². The summed E-state index contributed by atoms with van der Waals surface area (Å²) in [4.78, 5) is 0. The molecule has 0 bridgehead atoms. The molecule has 0 atom stereocenters. The van der Waals surface area contributed by atoms with Crippen LogP contribution in [0, 0.1) is 6.92 Å². The Bertz CT molecular complexity index is 470. The van der Waals surface area contributed by atoms with Crippen LogP contribution in [0.15, 0.2) is 30.7 Å². The molecule has 2 rings (SSSR count). The molecule has 2 aromatic heterocycles. The van der Waals surface area contributed by atoms with Crippen molar-refractivity contribution in [3.8, 4) is 0 Å². The van der Waals surface area contributed by atoms with Gasteiger partial charge in [-0.25, -0.2) is 0 Å². The fourth-order valence-corrected chi connectivity index (χ4v) is 2.02. The second-order valence-corrected chi connectivity index (χ2v) is 4.65. The minimum atomic E-state index is 0.920. The van der Waals surface area contributed by atoms with E-state index in [4.69, 9.17) is 0 Å². The van der Waals surface area contributed by atoms with E-state index in [1.54, 1.807) is 0 Å². The molecule has 0 spiro atoms. The fraction of sp³-hybridized carbons (Fsp3) is 0.500. The highest BCUT2D eigenvalue weighted by atomic mass is 15.3. The van der Waals surface area contributed by atoms with Crippen molar-refractivity contribution in [3.63, 3.8) is 0 Å². The topological polar surface area (TPSA) is 34.8 Å². The lowest BCUT2D eigenvalue weighted by Crippen LogP contribution is -2.18. The van der Waals surface area contributed by atoms with E-state index in [9.17, 15) is 0 Å². The lowest BCUT2D eigenvalue weighted by atomic mass is 10.4. The minimum Gasteiger partial charge on any atom is -0.348 e. The molecule has 1 N–H and O–H groups in total. The van der Waals surface area contributed by atoms with Crippen LogP contribution in [0.5, 0.6) is 0 Å². The molecule has 0 amide bonds. The molecule has 4 heteroatoms. The van der Waals surface area contributed by atoms with Crippen LogP contribution in [0.4, 0.5) is 0 Å². The predicted molar refractivity (Wildman–Crippen MR) is 73.4 cm³/mol. The number of hydrogen-bond acceptors (Lipinski definition) is 2. The zero-order chi connectivity index (χ0) is 12.8. The van der Waals surface area contributed by atoms with Crippen molar-refractivity contribution >= 4 is 0 Å². The van der Waals surface area contributed by atoms with Crippen LogP contribution >= 0.6 is 0 Å². The number of hydrogen-bond donors (Lipinski definition) is 1. The summed E-state index contributed by atoms with van der Waals surface area (Å²) < 4.78 is 4.29. The SMILES string of the molecule is CCCNCc1cccn1CCn1cc(C)cn1. The average Bonchev–Trinajstić information content (AvgIpc) is 2.96. The Labute approximate surface area is 109 Å². The van der Waals surface area contributed by atoms with Gasteiger partial charge in [-0.3, -0.25) is 4.68 Å². The highest BCUT2D eigenvalue weighted by molar-refractivity contribution is 5.07. The van der Waals surface area contributed by atoms with E-state index in [1.807, 2.05) is 10.9 Å². The molecular weight excluding hydrogens is 224 g/mol. The minimum absolute atomic E-state index is 0.920. The molecule has 0 saturated heterocycles. The van der Waals surface area contributed by atoms with Crippen molar-refractivity contribution in [2.75, 3.05) is 6.54 Å². The van der Waals surface area contributed by atoms with Gasteiger partial charge in [0.2, 0.25) is 0 Å². The zero-order valence-electron chi connectivity index (χ0n) is 11.3. The highest BCUT2D eigenvalue weighted by Gasteiger charge is 2.01. The predicted octanol–water partition coefficient (Wildman–Crippen LogP) is 2.19. The van der Waals surface area contributed by atoms with Crippen LogP contribution in [-0.4, -0.2) is 20.9 Å². The van der Waals surface area contributed by atoms with Gasteiger partial charge in [-0.05, 0) is 37.6 Å². The largest absolute Gasteiger partial charge is 0.348 e. The van der Waals surface area contributed by atoms with Crippen LogP contribution in [0.1, 0.15) is 24.6 Å². The number of aryl methyl sites for hydroxylation is 3. The summed E-state index contributed by atoms with van der Waals surface area (Å²) in [5, 5.41) is 7.74. The van der Waals surface area contributed by atoms with Gasteiger partial charge in [0, 0.05) is 31.2 Å². The second-order valence-electron chi connectivity index (χ2n) is 4.65. The Balaban J connectivity index is 1.87. The molecule has 0 aromatic carbocycles. The lowest BCUT2D eigenvalue weighted by Gasteiger charge is -2.10. The van der Waals surface area contributed by atoms with Gasteiger partial charge < -0.3 is 9.88 Å². The van der Waals surface area contributed by atoms with Crippen molar-refractivity contribution < 1.29 is 0 Å². The maximum Gasteiger partial charge on any atom is 0.0588 e. The van der Waals surface area contributed by atoms with Gasteiger partial charge in [-0.1, -0.05) is 6.92 Å². The first-order chi connectivity index (χ1) is 8.79. The van der Waals surface area contributed by atoms with Gasteiger partial charge in [0.25, 0.3) is 0 Å². The Hall–Kier alpha value is -1.55. The summed E-state index contributed by atoms with van der Waals surface area (Å²) in [6, 6.07) is 4.29. The van der Waals surface area contributed by atoms with Gasteiger partial charge in [-0.15, -0.1) is 0 Å². The molecule has 0 fully saturated rings. The van der Waals surface area contributed by atoms with Gasteiger partial charge >= 0.3 is 0 Å². The molecule has 2 heterocycles. The van der Waals surface area contributed by atoms with Crippen molar-refractivity contribution in [2.45, 2.75) is 39.9 Å². The first kappa shape index (κ1) is 12.9. The van der Waals surface area contributed by atoms with E-state index < -0.39 is 0 Å². The maximum atomic E-state index is 4.31. The number of rotatable bonds is 7. The Kier molecular flexibility index (Phi) is 4.59. The van der Waals surface area contributed by atoms with Crippen molar-refractivity contribution in [1.29, 1.82) is 0 Å². The first-order valence-corrected chi connectivity index (χ1v) is 6.63. The van der Waals surface area contributed by atoms with Gasteiger partial charge in [-0.2, -0.15) is 5.10 Å². The Morgan fingerprint density at radius 3 is 2.94 bits per heavy atom.